The minimum absolute atomic E-state index is 0.404. The number of H-pyrrole nitrogens is 1. The topological polar surface area (TPSA) is 70.9 Å². The van der Waals surface area contributed by atoms with Gasteiger partial charge in [-0.2, -0.15) is 5.26 Å². The summed E-state index contributed by atoms with van der Waals surface area (Å²) in [5, 5.41) is 9.80. The lowest BCUT2D eigenvalue weighted by Gasteiger charge is -2.10. The first-order valence-electron chi connectivity index (χ1n) is 9.38. The Hall–Kier alpha value is -3.08. The Morgan fingerprint density at radius 1 is 1.06 bits per heavy atom. The van der Waals surface area contributed by atoms with Gasteiger partial charge in [-0.3, -0.25) is 0 Å². The van der Waals surface area contributed by atoms with E-state index in [0.717, 1.165) is 36.9 Å². The Morgan fingerprint density at radius 3 is 2.58 bits per heavy atom. The maximum atomic E-state index is 9.80. The van der Waals surface area contributed by atoms with Gasteiger partial charge in [-0.1, -0.05) is 44.0 Å². The molecule has 0 spiro atoms. The summed E-state index contributed by atoms with van der Waals surface area (Å²) in [7, 11) is 1.61. The van der Waals surface area contributed by atoms with Crippen LogP contribution in [0.15, 0.2) is 69.6 Å². The van der Waals surface area contributed by atoms with Crippen LogP contribution in [0.2, 0.25) is 0 Å². The Kier molecular flexibility index (Phi) is 6.40. The molecule has 0 saturated heterocycles. The minimum Gasteiger partial charge on any atom is -0.497 e. The van der Waals surface area contributed by atoms with E-state index >= 15 is 0 Å². The van der Waals surface area contributed by atoms with Crippen LogP contribution in [0.5, 0.6) is 11.5 Å². The number of ether oxygens (including phenoxy) is 2. The van der Waals surface area contributed by atoms with Crippen molar-refractivity contribution in [1.82, 2.24) is 9.97 Å². The van der Waals surface area contributed by atoms with Crippen LogP contribution in [-0.2, 0) is 6.61 Å². The number of hydrogen-bond acceptors (Lipinski definition) is 4. The van der Waals surface area contributed by atoms with Gasteiger partial charge in [-0.05, 0) is 54.1 Å². The van der Waals surface area contributed by atoms with Gasteiger partial charge in [0.1, 0.15) is 30.0 Å². The van der Waals surface area contributed by atoms with Gasteiger partial charge in [0, 0.05) is 20.6 Å². The monoisotopic (exact) mass is 537 g/mol. The second-order valence-corrected chi connectivity index (χ2v) is 8.57. The summed E-state index contributed by atoms with van der Waals surface area (Å²) in [6.07, 6.45) is 1.77. The summed E-state index contributed by atoms with van der Waals surface area (Å²) < 4.78 is 13.2. The molecule has 0 unspecified atom stereocenters. The zero-order valence-corrected chi connectivity index (χ0v) is 19.7. The highest BCUT2D eigenvalue weighted by molar-refractivity contribution is 9.10. The average molecular weight is 539 g/mol. The van der Waals surface area contributed by atoms with Crippen molar-refractivity contribution in [3.8, 4) is 17.6 Å². The van der Waals surface area contributed by atoms with E-state index < -0.39 is 0 Å². The molecule has 0 radical (unpaired) electrons. The molecular formula is C24H17Br2N3O2. The van der Waals surface area contributed by atoms with Crippen LogP contribution < -0.4 is 9.47 Å². The van der Waals surface area contributed by atoms with Crippen molar-refractivity contribution >= 4 is 54.5 Å². The van der Waals surface area contributed by atoms with E-state index in [2.05, 4.69) is 47.9 Å². The zero-order valence-electron chi connectivity index (χ0n) is 16.5. The van der Waals surface area contributed by atoms with Gasteiger partial charge in [0.2, 0.25) is 0 Å². The summed E-state index contributed by atoms with van der Waals surface area (Å²) in [4.78, 5) is 7.75. The van der Waals surface area contributed by atoms with Crippen LogP contribution in [-0.4, -0.2) is 17.1 Å². The number of nitrogens with zero attached hydrogens (tertiary/aromatic N) is 2. The molecule has 0 aliphatic heterocycles. The number of methoxy groups -OCH3 is 1. The summed E-state index contributed by atoms with van der Waals surface area (Å²) in [6.45, 7) is 0.419. The molecule has 0 aliphatic carbocycles. The van der Waals surface area contributed by atoms with E-state index in [-0.39, 0.29) is 0 Å². The second-order valence-electron chi connectivity index (χ2n) is 6.74. The lowest BCUT2D eigenvalue weighted by molar-refractivity contribution is 0.305. The average Bonchev–Trinajstić information content (AvgIpc) is 3.21. The van der Waals surface area contributed by atoms with Crippen LogP contribution in [0.3, 0.4) is 0 Å². The molecule has 0 saturated carbocycles. The summed E-state index contributed by atoms with van der Waals surface area (Å²) >= 11 is 6.94. The van der Waals surface area contributed by atoms with Crippen molar-refractivity contribution in [2.75, 3.05) is 7.11 Å². The first kappa shape index (κ1) is 21.2. The van der Waals surface area contributed by atoms with E-state index in [0.29, 0.717) is 23.8 Å². The van der Waals surface area contributed by atoms with Crippen LogP contribution in [0.1, 0.15) is 17.0 Å². The van der Waals surface area contributed by atoms with E-state index in [1.54, 1.807) is 13.2 Å². The third-order valence-corrected chi connectivity index (χ3v) is 5.67. The molecular weight excluding hydrogens is 522 g/mol. The molecule has 4 rings (SSSR count). The van der Waals surface area contributed by atoms with E-state index in [1.807, 2.05) is 60.7 Å². The molecule has 0 amide bonds. The largest absolute Gasteiger partial charge is 0.497 e. The lowest BCUT2D eigenvalue weighted by Crippen LogP contribution is -1.97. The number of aromatic nitrogens is 2. The van der Waals surface area contributed by atoms with E-state index in [9.17, 15) is 5.26 Å². The number of benzene rings is 3. The Bertz CT molecular complexity index is 1300. The SMILES string of the molecule is COc1ccc2nc(/C(C#N)=C\c3cc(Br)ccc3OCc3ccc(Br)cc3)[nH]c2c1. The fraction of sp³-hybridized carbons (Fsp3) is 0.0833. The van der Waals surface area contributed by atoms with Crippen LogP contribution in [0.25, 0.3) is 22.7 Å². The fourth-order valence-corrected chi connectivity index (χ4v) is 3.70. The highest BCUT2D eigenvalue weighted by Crippen LogP contribution is 2.29. The van der Waals surface area contributed by atoms with Gasteiger partial charge >= 0.3 is 0 Å². The van der Waals surface area contributed by atoms with Gasteiger partial charge in [0.25, 0.3) is 0 Å². The molecule has 3 aromatic carbocycles. The molecule has 1 aromatic heterocycles. The maximum absolute atomic E-state index is 9.80. The Morgan fingerprint density at radius 2 is 1.84 bits per heavy atom. The number of aromatic amines is 1. The number of rotatable bonds is 6. The number of nitrogens with one attached hydrogen (secondary N) is 1. The third-order valence-electron chi connectivity index (χ3n) is 4.64. The van der Waals surface area contributed by atoms with E-state index in [1.165, 1.54) is 0 Å². The van der Waals surface area contributed by atoms with Gasteiger partial charge in [-0.15, -0.1) is 0 Å². The number of hydrogen-bond donors (Lipinski definition) is 1. The first-order valence-corrected chi connectivity index (χ1v) is 11.0. The Labute approximate surface area is 196 Å². The first-order chi connectivity index (χ1) is 15.1. The normalized spacial score (nSPS) is 11.4. The molecule has 0 atom stereocenters. The van der Waals surface area contributed by atoms with Crippen molar-refractivity contribution in [1.29, 1.82) is 5.26 Å². The quantitative estimate of drug-likeness (QED) is 0.276. The molecule has 31 heavy (non-hydrogen) atoms. The fourth-order valence-electron chi connectivity index (χ4n) is 3.06. The third kappa shape index (κ3) is 4.98. The number of nitriles is 1. The summed E-state index contributed by atoms with van der Waals surface area (Å²) in [6, 6.07) is 21.5. The highest BCUT2D eigenvalue weighted by Gasteiger charge is 2.11. The van der Waals surface area contributed by atoms with E-state index in [4.69, 9.17) is 9.47 Å². The molecule has 1 N–H and O–H groups in total. The smallest absolute Gasteiger partial charge is 0.149 e. The lowest BCUT2D eigenvalue weighted by atomic mass is 10.1. The molecule has 5 nitrogen and oxygen atoms in total. The highest BCUT2D eigenvalue weighted by atomic mass is 79.9. The Balaban J connectivity index is 1.66. The number of imidazole rings is 1. The standard InChI is InChI=1S/C24H17Br2N3O2/c1-30-20-7-8-21-22(12-20)29-24(28-21)17(13-27)10-16-11-19(26)6-9-23(16)31-14-15-2-4-18(25)5-3-15/h2-12H,14H2,1H3,(H,28,29)/b17-10-. The number of allylic oxidation sites excluding steroid dienone is 1. The van der Waals surface area contributed by atoms with Crippen molar-refractivity contribution in [3.05, 3.63) is 86.6 Å². The van der Waals surface area contributed by atoms with Crippen LogP contribution in [0, 0.1) is 11.3 Å². The van der Waals surface area contributed by atoms with Crippen molar-refractivity contribution in [3.63, 3.8) is 0 Å². The predicted molar refractivity (Wildman–Crippen MR) is 129 cm³/mol. The van der Waals surface area contributed by atoms with Gasteiger partial charge < -0.3 is 14.5 Å². The molecule has 154 valence electrons. The second kappa shape index (κ2) is 9.38. The van der Waals surface area contributed by atoms with Crippen molar-refractivity contribution in [2.24, 2.45) is 0 Å². The van der Waals surface area contributed by atoms with Gasteiger partial charge in [0.05, 0.1) is 23.7 Å². The molecule has 4 aromatic rings. The zero-order chi connectivity index (χ0) is 21.8. The molecule has 0 bridgehead atoms. The predicted octanol–water partition coefficient (Wildman–Crippen LogP) is 6.74. The maximum Gasteiger partial charge on any atom is 0.149 e. The summed E-state index contributed by atoms with van der Waals surface area (Å²) in [5.74, 6) is 1.89. The molecule has 0 aliphatic rings. The van der Waals surface area contributed by atoms with Crippen molar-refractivity contribution < 1.29 is 9.47 Å². The molecule has 7 heteroatoms. The van der Waals surface area contributed by atoms with Crippen molar-refractivity contribution in [2.45, 2.75) is 6.61 Å². The van der Waals surface area contributed by atoms with Gasteiger partial charge in [-0.25, -0.2) is 4.98 Å². The molecule has 1 heterocycles. The number of fused-ring (bicyclic) bond motifs is 1. The van der Waals surface area contributed by atoms with Crippen LogP contribution >= 0.6 is 31.9 Å². The minimum atomic E-state index is 0.404. The summed E-state index contributed by atoms with van der Waals surface area (Å²) in [5.41, 5.74) is 3.80. The number of halogens is 2. The van der Waals surface area contributed by atoms with Gasteiger partial charge in [0.15, 0.2) is 0 Å². The molecule has 0 fully saturated rings. The van der Waals surface area contributed by atoms with Crippen LogP contribution in [0.4, 0.5) is 0 Å².